The van der Waals surface area contributed by atoms with Gasteiger partial charge in [-0.2, -0.15) is 0 Å². The van der Waals surface area contributed by atoms with E-state index in [0.717, 1.165) is 24.1 Å². The van der Waals surface area contributed by atoms with Gasteiger partial charge in [0.1, 0.15) is 5.82 Å². The molecule has 0 spiro atoms. The van der Waals surface area contributed by atoms with Crippen LogP contribution in [0.15, 0.2) is 41.2 Å². The molecule has 1 aliphatic rings. The molecule has 24 heavy (non-hydrogen) atoms. The minimum atomic E-state index is -0.617. The third-order valence-electron chi connectivity index (χ3n) is 4.36. The van der Waals surface area contributed by atoms with Crippen LogP contribution in [0.1, 0.15) is 30.2 Å². The maximum absolute atomic E-state index is 13.0. The summed E-state index contributed by atoms with van der Waals surface area (Å²) in [6.45, 7) is 1.23. The molecule has 0 saturated carbocycles. The molecule has 1 fully saturated rings. The summed E-state index contributed by atoms with van der Waals surface area (Å²) < 4.78 is 13.0. The summed E-state index contributed by atoms with van der Waals surface area (Å²) in [4.78, 5) is 18.1. The van der Waals surface area contributed by atoms with Crippen molar-refractivity contribution in [2.24, 2.45) is 5.92 Å². The summed E-state index contributed by atoms with van der Waals surface area (Å²) in [5.41, 5.74) is 3.24. The molecule has 1 aromatic carbocycles. The topological polar surface area (TPSA) is 53.4 Å². The van der Waals surface area contributed by atoms with Crippen LogP contribution in [-0.4, -0.2) is 34.0 Å². The van der Waals surface area contributed by atoms with Crippen LogP contribution in [-0.2, 0) is 4.79 Å². The lowest BCUT2D eigenvalue weighted by Gasteiger charge is -2.33. The van der Waals surface area contributed by atoms with Crippen LogP contribution in [0.4, 0.5) is 4.39 Å². The second kappa shape index (κ2) is 7.68. The normalized spacial score (nSPS) is 17.3. The van der Waals surface area contributed by atoms with E-state index in [-0.39, 0.29) is 17.6 Å². The molecule has 2 aromatic rings. The Hall–Kier alpha value is -2.05. The van der Waals surface area contributed by atoms with E-state index in [1.54, 1.807) is 34.7 Å². The molecule has 2 heterocycles. The monoisotopic (exact) mass is 346 g/mol. The third kappa shape index (κ3) is 4.07. The fraction of sp³-hybridized carbons (Fsp3) is 0.333. The molecule has 0 radical (unpaired) electrons. The van der Waals surface area contributed by atoms with Gasteiger partial charge in [-0.05, 0) is 42.5 Å². The molecule has 4 nitrogen and oxygen atoms in total. The number of hydrogen-bond acceptors (Lipinski definition) is 4. The Kier molecular flexibility index (Phi) is 5.37. The van der Waals surface area contributed by atoms with E-state index < -0.39 is 6.10 Å². The number of aromatic nitrogens is 1. The summed E-state index contributed by atoms with van der Waals surface area (Å²) in [5.74, 6) is -0.252. The molecular formula is C18H19FN2O2S. The zero-order valence-corrected chi connectivity index (χ0v) is 14.0. The van der Waals surface area contributed by atoms with E-state index in [1.165, 1.54) is 23.5 Å². The molecule has 1 amide bonds. The number of aliphatic hydroxyl groups excluding tert-OH is 1. The Morgan fingerprint density at radius 1 is 1.33 bits per heavy atom. The van der Waals surface area contributed by atoms with E-state index in [0.29, 0.717) is 13.1 Å². The van der Waals surface area contributed by atoms with Gasteiger partial charge in [-0.15, -0.1) is 11.3 Å². The van der Waals surface area contributed by atoms with Crippen LogP contribution in [0.2, 0.25) is 0 Å². The quantitative estimate of drug-likeness (QED) is 0.865. The van der Waals surface area contributed by atoms with E-state index in [4.69, 9.17) is 0 Å². The molecule has 0 unspecified atom stereocenters. The Morgan fingerprint density at radius 3 is 2.67 bits per heavy atom. The van der Waals surface area contributed by atoms with Gasteiger partial charge in [0.15, 0.2) is 0 Å². The molecule has 1 saturated heterocycles. The SMILES string of the molecule is O=C(/C=C\c1cscn1)N1CCC([C@H](O)c2ccc(F)cc2)CC1. The minimum Gasteiger partial charge on any atom is -0.388 e. The first-order valence-electron chi connectivity index (χ1n) is 7.92. The summed E-state index contributed by atoms with van der Waals surface area (Å²) in [7, 11) is 0. The number of halogens is 1. The van der Waals surface area contributed by atoms with Crippen LogP contribution in [0.3, 0.4) is 0 Å². The van der Waals surface area contributed by atoms with E-state index >= 15 is 0 Å². The standard InChI is InChI=1S/C18H19FN2O2S/c19-15-3-1-13(2-4-15)18(23)14-7-9-21(10-8-14)17(22)6-5-16-11-24-12-20-16/h1-6,11-12,14,18,23H,7-10H2/b6-5-/t18-/m1/s1. The van der Waals surface area contributed by atoms with Crippen molar-refractivity contribution in [2.45, 2.75) is 18.9 Å². The predicted octanol–water partition coefficient (Wildman–Crippen LogP) is 3.27. The lowest BCUT2D eigenvalue weighted by Crippen LogP contribution is -2.38. The first-order valence-corrected chi connectivity index (χ1v) is 8.86. The third-order valence-corrected chi connectivity index (χ3v) is 4.96. The van der Waals surface area contributed by atoms with Gasteiger partial charge in [-0.3, -0.25) is 4.79 Å². The number of carbonyl (C=O) groups is 1. The lowest BCUT2D eigenvalue weighted by atomic mass is 9.87. The number of piperidine rings is 1. The number of rotatable bonds is 4. The van der Waals surface area contributed by atoms with Gasteiger partial charge in [0, 0.05) is 24.5 Å². The molecule has 0 bridgehead atoms. The number of carbonyl (C=O) groups excluding carboxylic acids is 1. The molecule has 3 rings (SSSR count). The average molecular weight is 346 g/mol. The van der Waals surface area contributed by atoms with Crippen LogP contribution in [0, 0.1) is 11.7 Å². The van der Waals surface area contributed by atoms with Gasteiger partial charge in [0.25, 0.3) is 0 Å². The van der Waals surface area contributed by atoms with E-state index in [1.807, 2.05) is 5.38 Å². The summed E-state index contributed by atoms with van der Waals surface area (Å²) >= 11 is 1.49. The highest BCUT2D eigenvalue weighted by molar-refractivity contribution is 7.07. The fourth-order valence-corrected chi connectivity index (χ4v) is 3.46. The van der Waals surface area contributed by atoms with Crippen molar-refractivity contribution in [3.63, 3.8) is 0 Å². The van der Waals surface area contributed by atoms with Crippen molar-refractivity contribution in [1.82, 2.24) is 9.88 Å². The van der Waals surface area contributed by atoms with Crippen molar-refractivity contribution in [2.75, 3.05) is 13.1 Å². The first kappa shape index (κ1) is 16.8. The van der Waals surface area contributed by atoms with Crippen LogP contribution < -0.4 is 0 Å². The average Bonchev–Trinajstić information content (AvgIpc) is 3.13. The predicted molar refractivity (Wildman–Crippen MR) is 91.8 cm³/mol. The van der Waals surface area contributed by atoms with Gasteiger partial charge >= 0.3 is 0 Å². The molecule has 6 heteroatoms. The van der Waals surface area contributed by atoms with Crippen molar-refractivity contribution >= 4 is 23.3 Å². The molecular weight excluding hydrogens is 327 g/mol. The highest BCUT2D eigenvalue weighted by atomic mass is 32.1. The summed E-state index contributed by atoms with van der Waals surface area (Å²) in [5, 5.41) is 12.3. The Morgan fingerprint density at radius 2 is 2.04 bits per heavy atom. The minimum absolute atomic E-state index is 0.0299. The Bertz CT molecular complexity index is 692. The Labute approximate surface area is 144 Å². The highest BCUT2D eigenvalue weighted by Gasteiger charge is 2.27. The number of nitrogens with zero attached hydrogens (tertiary/aromatic N) is 2. The van der Waals surface area contributed by atoms with Gasteiger partial charge in [-0.1, -0.05) is 12.1 Å². The molecule has 1 aromatic heterocycles. The van der Waals surface area contributed by atoms with Gasteiger partial charge in [-0.25, -0.2) is 9.37 Å². The number of hydrogen-bond donors (Lipinski definition) is 1. The number of benzene rings is 1. The number of amides is 1. The van der Waals surface area contributed by atoms with E-state index in [9.17, 15) is 14.3 Å². The molecule has 1 aliphatic heterocycles. The lowest BCUT2D eigenvalue weighted by molar-refractivity contribution is -0.127. The second-order valence-electron chi connectivity index (χ2n) is 5.91. The number of thiazole rings is 1. The smallest absolute Gasteiger partial charge is 0.246 e. The number of likely N-dealkylation sites (tertiary alicyclic amines) is 1. The van der Waals surface area contributed by atoms with Crippen LogP contribution >= 0.6 is 11.3 Å². The van der Waals surface area contributed by atoms with Crippen LogP contribution in [0.5, 0.6) is 0 Å². The zero-order chi connectivity index (χ0) is 16.9. The van der Waals surface area contributed by atoms with Gasteiger partial charge < -0.3 is 10.0 Å². The van der Waals surface area contributed by atoms with Crippen molar-refractivity contribution in [3.8, 4) is 0 Å². The zero-order valence-electron chi connectivity index (χ0n) is 13.1. The maximum Gasteiger partial charge on any atom is 0.246 e. The molecule has 1 N–H and O–H groups in total. The van der Waals surface area contributed by atoms with Gasteiger partial charge in [0.2, 0.25) is 5.91 Å². The maximum atomic E-state index is 13.0. The summed E-state index contributed by atoms with van der Waals surface area (Å²) in [6, 6.07) is 5.96. The fourth-order valence-electron chi connectivity index (χ4n) is 2.93. The van der Waals surface area contributed by atoms with Gasteiger partial charge in [0.05, 0.1) is 17.3 Å². The highest BCUT2D eigenvalue weighted by Crippen LogP contribution is 2.30. The van der Waals surface area contributed by atoms with E-state index in [2.05, 4.69) is 4.98 Å². The van der Waals surface area contributed by atoms with Crippen molar-refractivity contribution < 1.29 is 14.3 Å². The van der Waals surface area contributed by atoms with Crippen LogP contribution in [0.25, 0.3) is 6.08 Å². The van der Waals surface area contributed by atoms with Crippen molar-refractivity contribution in [3.05, 3.63) is 58.3 Å². The largest absolute Gasteiger partial charge is 0.388 e. The number of aliphatic hydroxyl groups is 1. The molecule has 0 aliphatic carbocycles. The molecule has 126 valence electrons. The summed E-state index contributed by atoms with van der Waals surface area (Å²) in [6.07, 6.45) is 4.11. The molecule has 1 atom stereocenters. The Balaban J connectivity index is 1.53. The first-order chi connectivity index (χ1) is 11.6. The van der Waals surface area contributed by atoms with Crippen molar-refractivity contribution in [1.29, 1.82) is 0 Å². The second-order valence-corrected chi connectivity index (χ2v) is 6.62.